The second-order valence-corrected chi connectivity index (χ2v) is 6.20. The minimum absolute atomic E-state index is 0.0295. The highest BCUT2D eigenvalue weighted by Crippen LogP contribution is 2.25. The smallest absolute Gasteiger partial charge is 0.263 e. The van der Waals surface area contributed by atoms with Crippen LogP contribution in [0, 0.1) is 6.92 Å². The number of para-hydroxylation sites is 1. The summed E-state index contributed by atoms with van der Waals surface area (Å²) in [6, 6.07) is 17.4. The molecule has 0 atom stereocenters. The number of nitrogens with zero attached hydrogens (tertiary/aromatic N) is 2. The molecule has 3 rings (SSSR count). The predicted octanol–water partition coefficient (Wildman–Crippen LogP) is 4.66. The predicted molar refractivity (Wildman–Crippen MR) is 105 cm³/mol. The molecule has 0 saturated carbocycles. The number of aromatic nitrogens is 1. The zero-order valence-corrected chi connectivity index (χ0v) is 14.5. The Morgan fingerprint density at radius 2 is 1.71 bits per heavy atom. The fourth-order valence-corrected chi connectivity index (χ4v) is 3.18. The summed E-state index contributed by atoms with van der Waals surface area (Å²) >= 11 is 1.51. The van der Waals surface area contributed by atoms with Crippen molar-refractivity contribution in [3.8, 4) is 5.69 Å². The molecule has 0 fully saturated rings. The van der Waals surface area contributed by atoms with E-state index in [4.69, 9.17) is 0 Å². The van der Waals surface area contributed by atoms with E-state index in [9.17, 15) is 4.79 Å². The quantitative estimate of drug-likeness (QED) is 0.650. The lowest BCUT2D eigenvalue weighted by atomic mass is 10.0. The number of fused-ring (bicyclic) bond motifs is 1. The van der Waals surface area contributed by atoms with Crippen molar-refractivity contribution >= 4 is 35.3 Å². The van der Waals surface area contributed by atoms with Crippen LogP contribution in [-0.2, 0) is 0 Å². The molecule has 1 heterocycles. The number of benzene rings is 2. The molecule has 0 N–H and O–H groups in total. The van der Waals surface area contributed by atoms with Crippen LogP contribution in [0.4, 0.5) is 0 Å². The van der Waals surface area contributed by atoms with E-state index < -0.39 is 0 Å². The Labute approximate surface area is 145 Å². The third-order valence-electron chi connectivity index (χ3n) is 4.03. The number of hydrogen-bond acceptors (Lipinski definition) is 3. The van der Waals surface area contributed by atoms with Crippen LogP contribution in [0.1, 0.15) is 11.3 Å². The highest BCUT2D eigenvalue weighted by atomic mass is 32.2. The number of hydrogen-bond donors (Lipinski definition) is 0. The summed E-state index contributed by atoms with van der Waals surface area (Å²) in [6.07, 6.45) is 3.87. The van der Waals surface area contributed by atoms with Gasteiger partial charge < -0.3 is 0 Å². The topological polar surface area (TPSA) is 34.4 Å². The number of thioether (sulfide) groups is 1. The largest absolute Gasteiger partial charge is 0.277 e. The monoisotopic (exact) mass is 334 g/mol. The molecule has 0 aliphatic heterocycles. The summed E-state index contributed by atoms with van der Waals surface area (Å²) in [7, 11) is 0. The van der Waals surface area contributed by atoms with Gasteiger partial charge in [-0.15, -0.1) is 11.8 Å². The molecule has 4 heteroatoms. The van der Waals surface area contributed by atoms with Crippen LogP contribution in [0.2, 0.25) is 0 Å². The minimum Gasteiger partial charge on any atom is -0.277 e. The molecule has 0 aliphatic carbocycles. The van der Waals surface area contributed by atoms with Crippen LogP contribution in [0.15, 0.2) is 69.4 Å². The van der Waals surface area contributed by atoms with E-state index in [1.807, 2.05) is 73.9 Å². The van der Waals surface area contributed by atoms with Crippen molar-refractivity contribution in [3.05, 3.63) is 81.2 Å². The summed E-state index contributed by atoms with van der Waals surface area (Å²) in [4.78, 5) is 17.2. The van der Waals surface area contributed by atoms with Crippen LogP contribution in [0.25, 0.3) is 22.5 Å². The van der Waals surface area contributed by atoms with E-state index in [2.05, 4.69) is 11.7 Å². The van der Waals surface area contributed by atoms with E-state index in [1.54, 1.807) is 4.57 Å². The maximum Gasteiger partial charge on any atom is 0.263 e. The van der Waals surface area contributed by atoms with Gasteiger partial charge in [-0.1, -0.05) is 36.4 Å². The van der Waals surface area contributed by atoms with E-state index in [0.717, 1.165) is 27.4 Å². The van der Waals surface area contributed by atoms with E-state index in [-0.39, 0.29) is 5.56 Å². The Morgan fingerprint density at radius 1 is 1.08 bits per heavy atom. The molecular weight excluding hydrogens is 316 g/mol. The molecule has 0 amide bonds. The van der Waals surface area contributed by atoms with Crippen molar-refractivity contribution in [2.24, 2.45) is 4.99 Å². The van der Waals surface area contributed by atoms with Crippen molar-refractivity contribution in [3.63, 3.8) is 0 Å². The highest BCUT2D eigenvalue weighted by molar-refractivity contribution is 8.02. The Kier molecular flexibility index (Phi) is 4.67. The minimum atomic E-state index is -0.0295. The number of aryl methyl sites for hydroxylation is 1. The second kappa shape index (κ2) is 6.89. The van der Waals surface area contributed by atoms with Gasteiger partial charge in [-0.05, 0) is 55.1 Å². The van der Waals surface area contributed by atoms with Crippen LogP contribution >= 0.6 is 11.8 Å². The molecule has 3 aromatic rings. The third-order valence-corrected chi connectivity index (χ3v) is 4.69. The standard InChI is InChI=1S/C20H18N2OS/c1-14-16-11-7-8-12-17(16)20(23)22(15-9-5-4-6-10-15)18(14)13-19(21-2)24-3/h4-13H,2H2,1,3H3/b19-13+. The maximum atomic E-state index is 13.1. The summed E-state index contributed by atoms with van der Waals surface area (Å²) in [5.74, 6) is 0. The zero-order chi connectivity index (χ0) is 17.1. The lowest BCUT2D eigenvalue weighted by Crippen LogP contribution is -2.22. The number of pyridine rings is 1. The van der Waals surface area contributed by atoms with Crippen LogP contribution < -0.4 is 5.56 Å². The normalized spacial score (nSPS) is 11.7. The first-order chi connectivity index (χ1) is 11.7. The van der Waals surface area contributed by atoms with Crippen molar-refractivity contribution in [1.29, 1.82) is 0 Å². The highest BCUT2D eigenvalue weighted by Gasteiger charge is 2.14. The van der Waals surface area contributed by atoms with E-state index in [0.29, 0.717) is 5.39 Å². The second-order valence-electron chi connectivity index (χ2n) is 5.38. The van der Waals surface area contributed by atoms with Crippen molar-refractivity contribution < 1.29 is 0 Å². The molecular formula is C20H18N2OS. The van der Waals surface area contributed by atoms with Crippen molar-refractivity contribution in [1.82, 2.24) is 4.57 Å². The van der Waals surface area contributed by atoms with Crippen LogP contribution in [0.5, 0.6) is 0 Å². The maximum absolute atomic E-state index is 13.1. The lowest BCUT2D eigenvalue weighted by Gasteiger charge is -2.16. The Balaban J connectivity index is 2.48. The number of rotatable bonds is 4. The molecule has 0 bridgehead atoms. The van der Waals surface area contributed by atoms with Gasteiger partial charge in [0.15, 0.2) is 0 Å². The van der Waals surface area contributed by atoms with E-state index >= 15 is 0 Å². The van der Waals surface area contributed by atoms with Crippen LogP contribution in [-0.4, -0.2) is 17.5 Å². The Morgan fingerprint density at radius 3 is 2.33 bits per heavy atom. The van der Waals surface area contributed by atoms with E-state index in [1.165, 1.54) is 11.8 Å². The molecule has 0 unspecified atom stereocenters. The fourth-order valence-electron chi connectivity index (χ4n) is 2.82. The average Bonchev–Trinajstić information content (AvgIpc) is 2.64. The molecule has 24 heavy (non-hydrogen) atoms. The van der Waals surface area contributed by atoms with Gasteiger partial charge in [0.25, 0.3) is 5.56 Å². The number of aliphatic imine (C=N–C) groups is 1. The first-order valence-corrected chi connectivity index (χ1v) is 8.82. The van der Waals surface area contributed by atoms with Gasteiger partial charge in [0.2, 0.25) is 0 Å². The molecule has 120 valence electrons. The average molecular weight is 334 g/mol. The fraction of sp³-hybridized carbons (Fsp3) is 0.100. The van der Waals surface area contributed by atoms with Gasteiger partial charge in [-0.3, -0.25) is 14.4 Å². The molecule has 0 spiro atoms. The third kappa shape index (κ3) is 2.81. The zero-order valence-electron chi connectivity index (χ0n) is 13.7. The molecule has 0 radical (unpaired) electrons. The Bertz CT molecular complexity index is 988. The van der Waals surface area contributed by atoms with Crippen LogP contribution in [0.3, 0.4) is 0 Å². The lowest BCUT2D eigenvalue weighted by molar-refractivity contribution is 0.978. The first kappa shape index (κ1) is 16.3. The Hall–Kier alpha value is -2.59. The SMILES string of the molecule is C=N/C(=C\c1c(C)c2ccccc2c(=O)n1-c1ccccc1)SC. The van der Waals surface area contributed by atoms with Gasteiger partial charge in [0, 0.05) is 11.1 Å². The molecule has 2 aromatic carbocycles. The molecule has 0 aliphatic rings. The molecule has 1 aromatic heterocycles. The molecule has 0 saturated heterocycles. The van der Waals surface area contributed by atoms with Crippen molar-refractivity contribution in [2.75, 3.05) is 6.26 Å². The van der Waals surface area contributed by atoms with Gasteiger partial charge >= 0.3 is 0 Å². The summed E-state index contributed by atoms with van der Waals surface area (Å²) in [6.45, 7) is 5.65. The summed E-state index contributed by atoms with van der Waals surface area (Å²) < 4.78 is 1.75. The molecule has 3 nitrogen and oxygen atoms in total. The van der Waals surface area contributed by atoms with Gasteiger partial charge in [-0.25, -0.2) is 0 Å². The van der Waals surface area contributed by atoms with Gasteiger partial charge in [0.1, 0.15) is 0 Å². The van der Waals surface area contributed by atoms with Gasteiger partial charge in [0.05, 0.1) is 10.7 Å². The first-order valence-electron chi connectivity index (χ1n) is 7.59. The summed E-state index contributed by atoms with van der Waals surface area (Å²) in [5, 5.41) is 2.45. The summed E-state index contributed by atoms with van der Waals surface area (Å²) in [5.41, 5.74) is 2.69. The van der Waals surface area contributed by atoms with Gasteiger partial charge in [-0.2, -0.15) is 0 Å². The van der Waals surface area contributed by atoms with Crippen molar-refractivity contribution in [2.45, 2.75) is 6.92 Å².